The Morgan fingerprint density at radius 3 is 2.18 bits per heavy atom. The fourth-order valence-electron chi connectivity index (χ4n) is 4.23. The van der Waals surface area contributed by atoms with E-state index in [1.165, 1.54) is 30.6 Å². The lowest BCUT2D eigenvalue weighted by Crippen LogP contribution is -2.46. The van der Waals surface area contributed by atoms with Gasteiger partial charge in [-0.25, -0.2) is 0 Å². The summed E-state index contributed by atoms with van der Waals surface area (Å²) < 4.78 is 77.6. The zero-order chi connectivity index (χ0) is 27.5. The number of nitrogens with zero attached hydrogens (tertiary/aromatic N) is 3. The molecular formula is C26H24F6N4O2. The van der Waals surface area contributed by atoms with Crippen molar-refractivity contribution in [3.63, 3.8) is 0 Å². The number of nitrogens with one attached hydrogen (secondary N) is 1. The predicted octanol–water partition coefficient (Wildman–Crippen LogP) is 5.09. The van der Waals surface area contributed by atoms with Crippen molar-refractivity contribution in [1.82, 2.24) is 15.2 Å². The minimum atomic E-state index is -4.54. The third-order valence-electron chi connectivity index (χ3n) is 6.10. The number of rotatable bonds is 6. The summed E-state index contributed by atoms with van der Waals surface area (Å²) in [7, 11) is 0. The molecule has 0 atom stereocenters. The first-order valence-corrected chi connectivity index (χ1v) is 11.7. The number of halogens is 6. The first kappa shape index (κ1) is 27.2. The van der Waals surface area contributed by atoms with Crippen molar-refractivity contribution < 1.29 is 36.2 Å². The molecule has 202 valence electrons. The third-order valence-corrected chi connectivity index (χ3v) is 6.10. The van der Waals surface area contributed by atoms with Crippen molar-refractivity contribution in [2.75, 3.05) is 37.6 Å². The van der Waals surface area contributed by atoms with Crippen LogP contribution in [0.3, 0.4) is 0 Å². The van der Waals surface area contributed by atoms with Crippen molar-refractivity contribution in [2.45, 2.75) is 18.9 Å². The highest BCUT2D eigenvalue weighted by atomic mass is 19.4. The van der Waals surface area contributed by atoms with Gasteiger partial charge in [-0.2, -0.15) is 26.3 Å². The fourth-order valence-corrected chi connectivity index (χ4v) is 4.23. The average molecular weight is 538 g/mol. The van der Waals surface area contributed by atoms with Gasteiger partial charge in [-0.15, -0.1) is 0 Å². The van der Waals surface area contributed by atoms with Crippen LogP contribution in [0.2, 0.25) is 0 Å². The third kappa shape index (κ3) is 7.15. The maximum atomic E-state index is 13.6. The van der Waals surface area contributed by atoms with E-state index in [9.17, 15) is 36.2 Å². The summed E-state index contributed by atoms with van der Waals surface area (Å²) >= 11 is 0. The number of aromatic nitrogens is 1. The minimum absolute atomic E-state index is 0.110. The van der Waals surface area contributed by atoms with E-state index < -0.39 is 30.4 Å². The molecule has 2 heterocycles. The summed E-state index contributed by atoms with van der Waals surface area (Å²) in [6.45, 7) is 1.15. The number of hydrogen-bond acceptors (Lipinski definition) is 5. The molecule has 0 aliphatic carbocycles. The maximum Gasteiger partial charge on any atom is 0.416 e. The molecule has 12 heteroatoms. The van der Waals surface area contributed by atoms with Crippen LogP contribution in [0.15, 0.2) is 60.9 Å². The Balaban J connectivity index is 1.40. The summed E-state index contributed by atoms with van der Waals surface area (Å²) in [6, 6.07) is 11.4. The smallest absolute Gasteiger partial charge is 0.416 e. The summed E-state index contributed by atoms with van der Waals surface area (Å²) in [4.78, 5) is 19.8. The Labute approximate surface area is 214 Å². The largest absolute Gasteiger partial charge is 0.506 e. The number of pyridine rings is 1. The van der Waals surface area contributed by atoms with E-state index in [2.05, 4.69) is 4.98 Å². The fraction of sp³-hybridized carbons (Fsp3) is 0.308. The minimum Gasteiger partial charge on any atom is -0.506 e. The van der Waals surface area contributed by atoms with Crippen LogP contribution in [0.4, 0.5) is 32.0 Å². The van der Waals surface area contributed by atoms with Gasteiger partial charge in [0.1, 0.15) is 12.3 Å². The van der Waals surface area contributed by atoms with Crippen LogP contribution in [0, 0.1) is 0 Å². The molecule has 0 saturated carbocycles. The molecule has 1 saturated heterocycles. The second-order valence-electron chi connectivity index (χ2n) is 8.96. The predicted molar refractivity (Wildman–Crippen MR) is 129 cm³/mol. The molecule has 0 radical (unpaired) electrons. The lowest BCUT2D eigenvalue weighted by atomic mass is 10.00. The van der Waals surface area contributed by atoms with Gasteiger partial charge >= 0.3 is 12.4 Å². The average Bonchev–Trinajstić information content (AvgIpc) is 2.87. The highest BCUT2D eigenvalue weighted by Crippen LogP contribution is 2.34. The highest BCUT2D eigenvalue weighted by Gasteiger charge is 2.32. The van der Waals surface area contributed by atoms with Crippen LogP contribution in [0.1, 0.15) is 21.5 Å². The van der Waals surface area contributed by atoms with Gasteiger partial charge in [-0.05, 0) is 59.7 Å². The Hall–Kier alpha value is -3.80. The van der Waals surface area contributed by atoms with E-state index >= 15 is 0 Å². The number of alkyl halides is 6. The number of hydrogen-bond donors (Lipinski definition) is 2. The van der Waals surface area contributed by atoms with Crippen LogP contribution in [0.25, 0.3) is 11.1 Å². The van der Waals surface area contributed by atoms with Crippen LogP contribution < -0.4 is 10.2 Å². The molecule has 0 unspecified atom stereocenters. The van der Waals surface area contributed by atoms with Crippen LogP contribution in [-0.4, -0.2) is 59.8 Å². The Morgan fingerprint density at radius 1 is 0.895 bits per heavy atom. The molecule has 1 aliphatic rings. The molecule has 0 bridgehead atoms. The first-order valence-electron chi connectivity index (χ1n) is 11.7. The number of piperazine rings is 1. The summed E-state index contributed by atoms with van der Waals surface area (Å²) in [6.07, 6.45) is -6.44. The first-order chi connectivity index (χ1) is 17.9. The van der Waals surface area contributed by atoms with Crippen LogP contribution in [0.5, 0.6) is 5.75 Å². The van der Waals surface area contributed by atoms with Gasteiger partial charge in [-0.1, -0.05) is 0 Å². The van der Waals surface area contributed by atoms with E-state index in [1.54, 1.807) is 18.2 Å². The standard InChI is InChI=1S/C26H24F6N4O2/c27-25(28,29)16-34-24(38)18-1-3-22(4-2-18)36-7-5-35(6-8-36)15-17-9-19(11-21(10-17)26(30,31)32)20-12-23(37)14-33-13-20/h1-4,9-14,37H,5-8,15-16H2,(H,34,38). The van der Waals surface area contributed by atoms with Crippen molar-refractivity contribution in [2.24, 2.45) is 0 Å². The molecule has 1 fully saturated rings. The van der Waals surface area contributed by atoms with E-state index in [0.29, 0.717) is 42.9 Å². The summed E-state index contributed by atoms with van der Waals surface area (Å²) in [5.41, 5.74) is 1.26. The molecule has 6 nitrogen and oxygen atoms in total. The summed E-state index contributed by atoms with van der Waals surface area (Å²) in [5, 5.41) is 11.5. The molecule has 38 heavy (non-hydrogen) atoms. The maximum absolute atomic E-state index is 13.6. The van der Waals surface area contributed by atoms with Crippen LogP contribution >= 0.6 is 0 Å². The number of amides is 1. The normalized spacial score (nSPS) is 14.9. The second-order valence-corrected chi connectivity index (χ2v) is 8.96. The monoisotopic (exact) mass is 538 g/mol. The van der Waals surface area contributed by atoms with Gasteiger partial charge in [0.2, 0.25) is 0 Å². The highest BCUT2D eigenvalue weighted by molar-refractivity contribution is 5.94. The number of carbonyl (C=O) groups is 1. The second kappa shape index (κ2) is 10.9. The number of benzene rings is 2. The van der Waals surface area contributed by atoms with Crippen molar-refractivity contribution >= 4 is 11.6 Å². The summed E-state index contributed by atoms with van der Waals surface area (Å²) in [5.74, 6) is -0.965. The molecule has 1 aliphatic heterocycles. The zero-order valence-electron chi connectivity index (χ0n) is 20.0. The van der Waals surface area contributed by atoms with Crippen molar-refractivity contribution in [3.05, 3.63) is 77.6 Å². The molecule has 0 spiro atoms. The van der Waals surface area contributed by atoms with Crippen molar-refractivity contribution in [3.8, 4) is 16.9 Å². The van der Waals surface area contributed by atoms with Gasteiger partial charge in [0.25, 0.3) is 5.91 Å². The van der Waals surface area contributed by atoms with Gasteiger partial charge in [0.05, 0.1) is 11.8 Å². The molecule has 1 aromatic heterocycles. The van der Waals surface area contributed by atoms with Gasteiger partial charge in [0.15, 0.2) is 0 Å². The molecule has 4 rings (SSSR count). The lowest BCUT2D eigenvalue weighted by Gasteiger charge is -2.36. The Bertz CT molecular complexity index is 1270. The number of carbonyl (C=O) groups excluding carboxylic acids is 1. The SMILES string of the molecule is O=C(NCC(F)(F)F)c1ccc(N2CCN(Cc3cc(-c4cncc(O)c4)cc(C(F)(F)F)c3)CC2)cc1. The van der Waals surface area contributed by atoms with Gasteiger partial charge in [0, 0.05) is 55.7 Å². The quantitative estimate of drug-likeness (QED) is 0.428. The molecule has 2 N–H and O–H groups in total. The van der Waals surface area contributed by atoms with Gasteiger partial charge in [-0.3, -0.25) is 14.7 Å². The number of anilines is 1. The molecular weight excluding hydrogens is 514 g/mol. The number of aromatic hydroxyl groups is 1. The Kier molecular flexibility index (Phi) is 7.81. The Morgan fingerprint density at radius 2 is 1.58 bits per heavy atom. The lowest BCUT2D eigenvalue weighted by molar-refractivity contribution is -0.137. The topological polar surface area (TPSA) is 68.7 Å². The molecule has 3 aromatic rings. The van der Waals surface area contributed by atoms with E-state index in [0.717, 1.165) is 17.8 Å². The molecule has 2 aromatic carbocycles. The van der Waals surface area contributed by atoms with Crippen LogP contribution in [-0.2, 0) is 12.7 Å². The van der Waals surface area contributed by atoms with Crippen molar-refractivity contribution in [1.29, 1.82) is 0 Å². The van der Waals surface area contributed by atoms with Gasteiger partial charge < -0.3 is 15.3 Å². The zero-order valence-corrected chi connectivity index (χ0v) is 20.0. The van der Waals surface area contributed by atoms with E-state index in [-0.39, 0.29) is 17.9 Å². The molecule has 1 amide bonds. The van der Waals surface area contributed by atoms with E-state index in [4.69, 9.17) is 0 Å². The van der Waals surface area contributed by atoms with E-state index in [1.807, 2.05) is 15.1 Å².